The maximum absolute atomic E-state index is 12.7. The van der Waals surface area contributed by atoms with Crippen molar-refractivity contribution in [3.63, 3.8) is 0 Å². The summed E-state index contributed by atoms with van der Waals surface area (Å²) < 4.78 is 12.7. The normalized spacial score (nSPS) is 27.2. The topological polar surface area (TPSA) is 32.3 Å². The summed E-state index contributed by atoms with van der Waals surface area (Å²) in [6.45, 7) is 1.94. The maximum atomic E-state index is 12.7. The Bertz CT molecular complexity index is 313. The van der Waals surface area contributed by atoms with Gasteiger partial charge in [-0.2, -0.15) is 0 Å². The molecule has 2 atom stereocenters. The third-order valence-electron chi connectivity index (χ3n) is 2.22. The van der Waals surface area contributed by atoms with Gasteiger partial charge in [0.15, 0.2) is 0 Å². The van der Waals surface area contributed by atoms with Crippen LogP contribution in [0.25, 0.3) is 0 Å². The van der Waals surface area contributed by atoms with E-state index in [1.54, 1.807) is 6.07 Å². The van der Waals surface area contributed by atoms with Crippen LogP contribution in [-0.2, 0) is 0 Å². The number of hydrogen-bond donors (Lipinski definition) is 2. The van der Waals surface area contributed by atoms with Crippen LogP contribution in [0.3, 0.4) is 0 Å². The van der Waals surface area contributed by atoms with Gasteiger partial charge in [-0.1, -0.05) is 6.07 Å². The van der Waals surface area contributed by atoms with Crippen LogP contribution in [0.1, 0.15) is 30.3 Å². The number of aliphatic hydroxyl groups is 1. The first-order valence-corrected chi connectivity index (χ1v) is 3.92. The first-order chi connectivity index (χ1) is 5.68. The van der Waals surface area contributed by atoms with Crippen LogP contribution < -0.4 is 5.32 Å². The van der Waals surface area contributed by atoms with Crippen LogP contribution in [0.15, 0.2) is 18.2 Å². The largest absolute Gasteiger partial charge is 0.374 e. The molecule has 2 rings (SSSR count). The second-order valence-electron chi connectivity index (χ2n) is 3.06. The smallest absolute Gasteiger partial charge is 0.131 e. The van der Waals surface area contributed by atoms with E-state index in [1.807, 2.05) is 6.92 Å². The molecule has 1 aliphatic heterocycles. The SMILES string of the molecule is C[C@H]1NC(O)c2cc(F)ccc21. The highest BCUT2D eigenvalue weighted by atomic mass is 19.1. The Kier molecular flexibility index (Phi) is 1.63. The first-order valence-electron chi connectivity index (χ1n) is 3.92. The van der Waals surface area contributed by atoms with Crippen molar-refractivity contribution in [2.45, 2.75) is 19.2 Å². The molecule has 1 unspecified atom stereocenters. The first kappa shape index (κ1) is 7.71. The van der Waals surface area contributed by atoms with Crippen molar-refractivity contribution in [3.05, 3.63) is 35.1 Å². The Labute approximate surface area is 70.0 Å². The van der Waals surface area contributed by atoms with E-state index in [1.165, 1.54) is 12.1 Å². The number of benzene rings is 1. The van der Waals surface area contributed by atoms with Gasteiger partial charge in [0.05, 0.1) is 0 Å². The van der Waals surface area contributed by atoms with Crippen LogP contribution in [-0.4, -0.2) is 5.11 Å². The lowest BCUT2D eigenvalue weighted by Crippen LogP contribution is -2.14. The number of nitrogens with one attached hydrogen (secondary N) is 1. The van der Waals surface area contributed by atoms with Crippen LogP contribution in [0, 0.1) is 5.82 Å². The molecule has 1 aliphatic rings. The summed E-state index contributed by atoms with van der Waals surface area (Å²) in [4.78, 5) is 0. The third-order valence-corrected chi connectivity index (χ3v) is 2.22. The summed E-state index contributed by atoms with van der Waals surface area (Å²) in [7, 11) is 0. The van der Waals surface area contributed by atoms with Gasteiger partial charge in [0.1, 0.15) is 12.0 Å². The second kappa shape index (κ2) is 2.54. The average Bonchev–Trinajstić information content (AvgIpc) is 2.28. The zero-order chi connectivity index (χ0) is 8.72. The fourth-order valence-electron chi connectivity index (χ4n) is 1.59. The van der Waals surface area contributed by atoms with Crippen molar-refractivity contribution in [1.82, 2.24) is 5.32 Å². The molecule has 0 aliphatic carbocycles. The highest BCUT2D eigenvalue weighted by Crippen LogP contribution is 2.31. The second-order valence-corrected chi connectivity index (χ2v) is 3.06. The lowest BCUT2D eigenvalue weighted by Gasteiger charge is -2.03. The average molecular weight is 167 g/mol. The number of fused-ring (bicyclic) bond motifs is 1. The van der Waals surface area contributed by atoms with Gasteiger partial charge in [0.2, 0.25) is 0 Å². The van der Waals surface area contributed by atoms with Crippen molar-refractivity contribution in [2.24, 2.45) is 0 Å². The van der Waals surface area contributed by atoms with Crippen LogP contribution in [0.4, 0.5) is 4.39 Å². The molecule has 0 bridgehead atoms. The molecule has 1 aromatic rings. The Morgan fingerprint density at radius 2 is 2.17 bits per heavy atom. The van der Waals surface area contributed by atoms with Gasteiger partial charge in [-0.15, -0.1) is 0 Å². The Balaban J connectivity index is 2.53. The van der Waals surface area contributed by atoms with E-state index in [0.29, 0.717) is 5.56 Å². The molecule has 0 fully saturated rings. The molecule has 1 aromatic carbocycles. The van der Waals surface area contributed by atoms with Gasteiger partial charge in [-0.3, -0.25) is 5.32 Å². The zero-order valence-electron chi connectivity index (χ0n) is 6.71. The fraction of sp³-hybridized carbons (Fsp3) is 0.333. The molecule has 0 amide bonds. The van der Waals surface area contributed by atoms with Gasteiger partial charge in [0, 0.05) is 11.6 Å². The number of halogens is 1. The van der Waals surface area contributed by atoms with Crippen LogP contribution in [0.2, 0.25) is 0 Å². The maximum Gasteiger partial charge on any atom is 0.131 e. The summed E-state index contributed by atoms with van der Waals surface area (Å²) in [5, 5.41) is 12.3. The quantitative estimate of drug-likeness (QED) is 0.613. The predicted octanol–water partition coefficient (Wildman–Crippen LogP) is 1.48. The van der Waals surface area contributed by atoms with E-state index >= 15 is 0 Å². The Hall–Kier alpha value is -0.930. The zero-order valence-corrected chi connectivity index (χ0v) is 6.71. The molecule has 0 aromatic heterocycles. The molecule has 0 saturated carbocycles. The minimum absolute atomic E-state index is 0.107. The Morgan fingerprint density at radius 1 is 1.42 bits per heavy atom. The summed E-state index contributed by atoms with van der Waals surface area (Å²) in [5.41, 5.74) is 1.63. The highest BCUT2D eigenvalue weighted by molar-refractivity contribution is 5.35. The molecule has 0 radical (unpaired) electrons. The molecule has 2 N–H and O–H groups in total. The standard InChI is InChI=1S/C9H10FNO/c1-5-7-3-2-6(10)4-8(7)9(12)11-5/h2-5,9,11-12H,1H3/t5-,9?/m1/s1. The van der Waals surface area contributed by atoms with E-state index in [4.69, 9.17) is 0 Å². The van der Waals surface area contributed by atoms with Crippen LogP contribution in [0.5, 0.6) is 0 Å². The van der Waals surface area contributed by atoms with Gasteiger partial charge >= 0.3 is 0 Å². The molecule has 64 valence electrons. The highest BCUT2D eigenvalue weighted by Gasteiger charge is 2.25. The van der Waals surface area contributed by atoms with Gasteiger partial charge < -0.3 is 5.11 Å². The van der Waals surface area contributed by atoms with Crippen molar-refractivity contribution < 1.29 is 9.50 Å². The van der Waals surface area contributed by atoms with Crippen molar-refractivity contribution >= 4 is 0 Å². The summed E-state index contributed by atoms with van der Waals surface area (Å²) in [6.07, 6.45) is -0.717. The van der Waals surface area contributed by atoms with Crippen molar-refractivity contribution in [3.8, 4) is 0 Å². The van der Waals surface area contributed by atoms with Gasteiger partial charge in [-0.25, -0.2) is 4.39 Å². The molecular formula is C9H10FNO. The van der Waals surface area contributed by atoms with Gasteiger partial charge in [0.25, 0.3) is 0 Å². The Morgan fingerprint density at radius 3 is 2.92 bits per heavy atom. The lowest BCUT2D eigenvalue weighted by atomic mass is 10.1. The van der Waals surface area contributed by atoms with Crippen LogP contribution >= 0.6 is 0 Å². The number of hydrogen-bond acceptors (Lipinski definition) is 2. The van der Waals surface area contributed by atoms with E-state index < -0.39 is 6.23 Å². The van der Waals surface area contributed by atoms with E-state index in [0.717, 1.165) is 5.56 Å². The van der Waals surface area contributed by atoms with Gasteiger partial charge in [-0.05, 0) is 24.6 Å². The van der Waals surface area contributed by atoms with E-state index in [9.17, 15) is 9.50 Å². The molecule has 2 nitrogen and oxygen atoms in total. The van der Waals surface area contributed by atoms with E-state index in [2.05, 4.69) is 5.32 Å². The molecule has 1 heterocycles. The monoisotopic (exact) mass is 167 g/mol. The molecule has 0 spiro atoms. The number of rotatable bonds is 0. The number of aliphatic hydroxyl groups excluding tert-OH is 1. The van der Waals surface area contributed by atoms with E-state index in [-0.39, 0.29) is 11.9 Å². The summed E-state index contributed by atoms with van der Waals surface area (Å²) >= 11 is 0. The molecule has 12 heavy (non-hydrogen) atoms. The summed E-state index contributed by atoms with van der Waals surface area (Å²) in [6, 6.07) is 4.60. The minimum Gasteiger partial charge on any atom is -0.374 e. The minimum atomic E-state index is -0.717. The van der Waals surface area contributed by atoms with Crippen molar-refractivity contribution in [1.29, 1.82) is 0 Å². The summed E-state index contributed by atoms with van der Waals surface area (Å²) in [5.74, 6) is -0.302. The predicted molar refractivity (Wildman–Crippen MR) is 42.9 cm³/mol. The van der Waals surface area contributed by atoms with Crippen molar-refractivity contribution in [2.75, 3.05) is 0 Å². The molecule has 3 heteroatoms. The fourth-order valence-corrected chi connectivity index (χ4v) is 1.59. The molecule has 0 saturated heterocycles. The third kappa shape index (κ3) is 1.02. The lowest BCUT2D eigenvalue weighted by molar-refractivity contribution is 0.143. The molecular weight excluding hydrogens is 157 g/mol.